The van der Waals surface area contributed by atoms with Crippen LogP contribution in [0.3, 0.4) is 0 Å². The van der Waals surface area contributed by atoms with E-state index in [1.54, 1.807) is 4.17 Å². The molecule has 0 aromatic carbocycles. The third kappa shape index (κ3) is 6.03. The maximum absolute atomic E-state index is 6.61. The van der Waals surface area contributed by atoms with Gasteiger partial charge < -0.3 is 0 Å². The summed E-state index contributed by atoms with van der Waals surface area (Å²) >= 11 is -2.46. The maximum atomic E-state index is 6.61. The van der Waals surface area contributed by atoms with Crippen LogP contribution in [0.5, 0.6) is 0 Å². The molecule has 0 saturated carbocycles. The first-order valence-electron chi connectivity index (χ1n) is 8.00. The molecule has 0 aliphatic heterocycles. The van der Waals surface area contributed by atoms with Crippen LogP contribution in [0.25, 0.3) is 0 Å². The Morgan fingerprint density at radius 1 is 0.818 bits per heavy atom. The molecule has 2 heteroatoms. The molecule has 0 spiro atoms. The van der Waals surface area contributed by atoms with Crippen LogP contribution < -0.4 is 4.48 Å². The SMILES string of the molecule is C1=CCC=C1.C1=CCC=C1.C[CH2][Ru]([CH3])([NH2])([CH2]C)[C]1=CC=CC1. The van der Waals surface area contributed by atoms with Gasteiger partial charge in [-0.05, 0) is 12.8 Å². The molecule has 22 heavy (non-hydrogen) atoms. The van der Waals surface area contributed by atoms with Crippen molar-refractivity contribution in [3.63, 3.8) is 0 Å². The first-order chi connectivity index (χ1) is 10.5. The Hall–Kier alpha value is -0.977. The van der Waals surface area contributed by atoms with Gasteiger partial charge in [-0.1, -0.05) is 48.6 Å². The normalized spacial score (nSPS) is 19.1. The Kier molecular flexibility index (Phi) is 8.00. The number of hydrogen-bond acceptors (Lipinski definition) is 1. The van der Waals surface area contributed by atoms with Crippen molar-refractivity contribution in [2.75, 3.05) is 0 Å². The fourth-order valence-corrected chi connectivity index (χ4v) is 6.84. The van der Waals surface area contributed by atoms with E-state index in [0.717, 1.165) is 19.3 Å². The molecule has 3 rings (SSSR count). The summed E-state index contributed by atoms with van der Waals surface area (Å²) in [6, 6.07) is 0. The molecule has 1 nitrogen and oxygen atoms in total. The van der Waals surface area contributed by atoms with Crippen molar-refractivity contribution in [1.29, 1.82) is 0 Å². The standard InChI is InChI=1S/2C5H6.C5H5.2C2H5.CH3.H2N.Ru/c3*1-2-4-5-3-1;2*1-2;;;/h2*1-4H,5H2;1-3H,4H2;2*1H2,2H3;1H3;1H2;/q;;;;;;-1;+1. The predicted octanol–water partition coefficient (Wildman–Crippen LogP) is 6.32. The molecule has 0 radical (unpaired) electrons. The van der Waals surface area contributed by atoms with Gasteiger partial charge in [0, 0.05) is 0 Å². The molecule has 3 aliphatic carbocycles. The van der Waals surface area contributed by atoms with Crippen molar-refractivity contribution >= 4 is 0 Å². The Morgan fingerprint density at radius 2 is 1.27 bits per heavy atom. The summed E-state index contributed by atoms with van der Waals surface area (Å²) < 4.78 is 8.17. The molecule has 0 heterocycles. The van der Waals surface area contributed by atoms with Crippen LogP contribution in [0.15, 0.2) is 71.0 Å². The van der Waals surface area contributed by atoms with Gasteiger partial charge in [-0.3, -0.25) is 0 Å². The second-order valence-electron chi connectivity index (χ2n) is 5.61. The van der Waals surface area contributed by atoms with Gasteiger partial charge >= 0.3 is 76.5 Å². The van der Waals surface area contributed by atoms with E-state index in [4.69, 9.17) is 4.48 Å². The van der Waals surface area contributed by atoms with Crippen LogP contribution in [0, 0.1) is 0 Å². The van der Waals surface area contributed by atoms with Gasteiger partial charge in [-0.2, -0.15) is 0 Å². The molecule has 0 amide bonds. The third-order valence-electron chi connectivity index (χ3n) is 4.10. The van der Waals surface area contributed by atoms with E-state index in [0.29, 0.717) is 0 Å². The average molecular weight is 388 g/mol. The number of nitrogens with two attached hydrogens (primary N) is 1. The van der Waals surface area contributed by atoms with Gasteiger partial charge in [0.1, 0.15) is 0 Å². The molecule has 0 saturated heterocycles. The summed E-state index contributed by atoms with van der Waals surface area (Å²) in [5.74, 6) is 0. The minimum atomic E-state index is -2.46. The Morgan fingerprint density at radius 3 is 1.50 bits per heavy atom. The Bertz CT molecular complexity index is 466. The molecule has 0 aromatic rings. The zero-order valence-corrected chi connectivity index (χ0v) is 16.1. The second-order valence-corrected chi connectivity index (χ2v) is 17.5. The summed E-state index contributed by atoms with van der Waals surface area (Å²) in [6.45, 7) is 4.49. The van der Waals surface area contributed by atoms with E-state index in [9.17, 15) is 0 Å². The molecule has 2 N–H and O–H groups in total. The number of hydrogen-bond donors (Lipinski definition) is 1. The topological polar surface area (TPSA) is 26.0 Å². The molecular formula is C20H32NRu. The third-order valence-corrected chi connectivity index (χ3v) is 14.9. The Labute approximate surface area is 138 Å². The number of rotatable bonds is 3. The van der Waals surface area contributed by atoms with Crippen LogP contribution in [0.1, 0.15) is 33.1 Å². The summed E-state index contributed by atoms with van der Waals surface area (Å²) in [5, 5.41) is 2.36. The van der Waals surface area contributed by atoms with E-state index in [-0.39, 0.29) is 0 Å². The summed E-state index contributed by atoms with van der Waals surface area (Å²) in [4.78, 5) is 0. The molecule has 0 fully saturated rings. The van der Waals surface area contributed by atoms with Crippen LogP contribution in [0.2, 0.25) is 15.5 Å². The predicted molar refractivity (Wildman–Crippen MR) is 98.6 cm³/mol. The molecule has 0 bridgehead atoms. The van der Waals surface area contributed by atoms with Gasteiger partial charge in [0.05, 0.1) is 0 Å². The first-order valence-corrected chi connectivity index (χ1v) is 14.1. The summed E-state index contributed by atoms with van der Waals surface area (Å²) in [6.07, 6.45) is 26.7. The van der Waals surface area contributed by atoms with Gasteiger partial charge in [-0.15, -0.1) is 0 Å². The van der Waals surface area contributed by atoms with Crippen LogP contribution in [-0.4, -0.2) is 0 Å². The van der Waals surface area contributed by atoms with Crippen LogP contribution >= 0.6 is 0 Å². The molecule has 125 valence electrons. The molecule has 0 atom stereocenters. The van der Waals surface area contributed by atoms with Gasteiger partial charge in [-0.25, -0.2) is 0 Å². The average Bonchev–Trinajstić information content (AvgIpc) is 3.34. The van der Waals surface area contributed by atoms with Gasteiger partial charge in [0.25, 0.3) is 0 Å². The van der Waals surface area contributed by atoms with Crippen molar-refractivity contribution in [2.24, 2.45) is 4.48 Å². The molecule has 0 aromatic heterocycles. The molecular weight excluding hydrogens is 355 g/mol. The van der Waals surface area contributed by atoms with E-state index >= 15 is 0 Å². The van der Waals surface area contributed by atoms with E-state index in [2.05, 4.69) is 86.2 Å². The van der Waals surface area contributed by atoms with Crippen molar-refractivity contribution in [2.45, 2.75) is 48.7 Å². The number of allylic oxidation sites excluding steroid dienone is 12. The van der Waals surface area contributed by atoms with E-state index in [1.807, 2.05) is 0 Å². The summed E-state index contributed by atoms with van der Waals surface area (Å²) in [7, 11) is 0. The van der Waals surface area contributed by atoms with Crippen molar-refractivity contribution in [3.05, 3.63) is 71.0 Å². The van der Waals surface area contributed by atoms with Gasteiger partial charge in [0.2, 0.25) is 0 Å². The second kappa shape index (κ2) is 9.23. The molecule has 3 aliphatic rings. The quantitative estimate of drug-likeness (QED) is 0.563. The zero-order chi connectivity index (χ0) is 16.3. The first kappa shape index (κ1) is 19.1. The monoisotopic (exact) mass is 388 g/mol. The van der Waals surface area contributed by atoms with Crippen molar-refractivity contribution in [3.8, 4) is 0 Å². The van der Waals surface area contributed by atoms with Gasteiger partial charge in [0.15, 0.2) is 0 Å². The minimum absolute atomic E-state index is 1.11. The molecule has 0 unspecified atom stereocenters. The van der Waals surface area contributed by atoms with E-state index < -0.39 is 13.8 Å². The Balaban J connectivity index is 0.000000197. The van der Waals surface area contributed by atoms with E-state index in [1.165, 1.54) is 10.0 Å². The van der Waals surface area contributed by atoms with Crippen LogP contribution in [0.4, 0.5) is 0 Å². The zero-order valence-electron chi connectivity index (χ0n) is 14.3. The summed E-state index contributed by atoms with van der Waals surface area (Å²) in [5.41, 5.74) is 2.34. The fourth-order valence-electron chi connectivity index (χ4n) is 2.09. The fraction of sp³-hybridized carbons (Fsp3) is 0.400. The van der Waals surface area contributed by atoms with Crippen molar-refractivity contribution in [1.82, 2.24) is 0 Å². The van der Waals surface area contributed by atoms with Crippen molar-refractivity contribution < 1.29 is 13.8 Å². The van der Waals surface area contributed by atoms with Crippen LogP contribution in [-0.2, 0) is 13.8 Å².